The summed E-state index contributed by atoms with van der Waals surface area (Å²) in [7, 11) is -0.407. The van der Waals surface area contributed by atoms with Crippen LogP contribution >= 0.6 is 0 Å². The molecule has 1 aliphatic rings. The topological polar surface area (TPSA) is 60.5 Å². The molecule has 2 aromatic rings. The van der Waals surface area contributed by atoms with E-state index in [1.54, 1.807) is 24.4 Å². The van der Waals surface area contributed by atoms with Gasteiger partial charge in [0.05, 0.1) is 11.2 Å². The van der Waals surface area contributed by atoms with Gasteiger partial charge in [-0.15, -0.1) is 0 Å². The third-order valence-corrected chi connectivity index (χ3v) is 4.59. The summed E-state index contributed by atoms with van der Waals surface area (Å²) in [5, 5.41) is 2.83. The average Bonchev–Trinajstić information content (AvgIpc) is 2.85. The average molecular weight is 354 g/mol. The summed E-state index contributed by atoms with van der Waals surface area (Å²) >= 11 is 0. The van der Waals surface area contributed by atoms with E-state index >= 15 is 0 Å². The summed E-state index contributed by atoms with van der Waals surface area (Å²) in [5.74, 6) is -0.237. The second kappa shape index (κ2) is 8.02. The highest BCUT2D eigenvalue weighted by Crippen LogP contribution is 2.36. The minimum absolute atomic E-state index is 0.237. The molecule has 138 valence electrons. The molecule has 3 rings (SSSR count). The van der Waals surface area contributed by atoms with E-state index < -0.39 is 7.12 Å². The van der Waals surface area contributed by atoms with Gasteiger partial charge in [-0.05, 0) is 57.4 Å². The second-order valence-corrected chi connectivity index (χ2v) is 6.88. The van der Waals surface area contributed by atoms with Crippen molar-refractivity contribution in [2.75, 3.05) is 5.32 Å². The van der Waals surface area contributed by atoms with Gasteiger partial charge in [-0.1, -0.05) is 32.0 Å². The lowest BCUT2D eigenvalue weighted by atomic mass is 9.79. The first-order valence-corrected chi connectivity index (χ1v) is 8.96. The fraction of sp³-hybridized carbons (Fsp3) is 0.400. The molecular formula is C20H27BN2O3. The molecule has 1 N–H and O–H groups in total. The van der Waals surface area contributed by atoms with Gasteiger partial charge in [-0.25, -0.2) is 0 Å². The molecule has 0 radical (unpaired) electrons. The molecule has 1 aromatic heterocycles. The predicted molar refractivity (Wildman–Crippen MR) is 106 cm³/mol. The lowest BCUT2D eigenvalue weighted by molar-refractivity contribution is 0.00578. The standard InChI is InChI=1S/C18H21BN2O3.C2H6/c1-17(2)18(3,4)24-19(23-17)13-8-10-14(11-9-13)21-16(22)15-7-5-6-12-20-15;1-2/h5-12H,1-4H3,(H,21,22);1-2H3. The Morgan fingerprint density at radius 3 is 2.04 bits per heavy atom. The number of aromatic nitrogens is 1. The Hall–Kier alpha value is -2.18. The van der Waals surface area contributed by atoms with Crippen LogP contribution < -0.4 is 10.8 Å². The summed E-state index contributed by atoms with van der Waals surface area (Å²) < 4.78 is 12.0. The molecule has 1 fully saturated rings. The van der Waals surface area contributed by atoms with Crippen molar-refractivity contribution in [1.29, 1.82) is 0 Å². The SMILES string of the molecule is CC.CC1(C)OB(c2ccc(NC(=O)c3ccccn3)cc2)OC1(C)C. The first-order chi connectivity index (χ1) is 12.3. The van der Waals surface area contributed by atoms with Crippen LogP contribution in [-0.2, 0) is 9.31 Å². The minimum atomic E-state index is -0.407. The first kappa shape index (κ1) is 20.1. The lowest BCUT2D eigenvalue weighted by Gasteiger charge is -2.32. The zero-order chi connectivity index (χ0) is 19.4. The van der Waals surface area contributed by atoms with Crippen LogP contribution in [0.15, 0.2) is 48.7 Å². The van der Waals surface area contributed by atoms with Crippen LogP contribution in [0.2, 0.25) is 0 Å². The third-order valence-electron chi connectivity index (χ3n) is 4.59. The van der Waals surface area contributed by atoms with Crippen molar-refractivity contribution < 1.29 is 14.1 Å². The maximum absolute atomic E-state index is 12.1. The monoisotopic (exact) mass is 354 g/mol. The number of benzene rings is 1. The van der Waals surface area contributed by atoms with Crippen LogP contribution in [0.4, 0.5) is 5.69 Å². The summed E-state index contributed by atoms with van der Waals surface area (Å²) in [4.78, 5) is 16.1. The minimum Gasteiger partial charge on any atom is -0.399 e. The van der Waals surface area contributed by atoms with Crippen molar-refractivity contribution >= 4 is 24.2 Å². The largest absolute Gasteiger partial charge is 0.494 e. The Labute approximate surface area is 156 Å². The van der Waals surface area contributed by atoms with Crippen molar-refractivity contribution in [1.82, 2.24) is 4.98 Å². The highest BCUT2D eigenvalue weighted by molar-refractivity contribution is 6.62. The van der Waals surface area contributed by atoms with Gasteiger partial charge in [0.25, 0.3) is 5.91 Å². The van der Waals surface area contributed by atoms with E-state index in [1.165, 1.54) is 0 Å². The number of carbonyl (C=O) groups excluding carboxylic acids is 1. The number of hydrogen-bond acceptors (Lipinski definition) is 4. The van der Waals surface area contributed by atoms with E-state index in [2.05, 4.69) is 10.3 Å². The lowest BCUT2D eigenvalue weighted by Crippen LogP contribution is -2.41. The Bertz CT molecular complexity index is 714. The van der Waals surface area contributed by atoms with E-state index in [0.717, 1.165) is 5.46 Å². The number of pyridine rings is 1. The van der Waals surface area contributed by atoms with E-state index in [4.69, 9.17) is 9.31 Å². The molecule has 2 heterocycles. The molecule has 0 bridgehead atoms. The molecule has 1 aliphatic heterocycles. The van der Waals surface area contributed by atoms with Crippen LogP contribution in [0, 0.1) is 0 Å². The van der Waals surface area contributed by atoms with Crippen molar-refractivity contribution in [3.63, 3.8) is 0 Å². The third kappa shape index (κ3) is 4.32. The zero-order valence-electron chi connectivity index (χ0n) is 16.4. The Balaban J connectivity index is 0.00000117. The zero-order valence-corrected chi connectivity index (χ0v) is 16.4. The molecule has 0 spiro atoms. The second-order valence-electron chi connectivity index (χ2n) is 6.88. The molecule has 5 nitrogen and oxygen atoms in total. The van der Waals surface area contributed by atoms with Crippen molar-refractivity contribution in [3.05, 3.63) is 54.4 Å². The maximum atomic E-state index is 12.1. The number of carbonyl (C=O) groups is 1. The van der Waals surface area contributed by atoms with Gasteiger partial charge < -0.3 is 14.6 Å². The molecule has 0 unspecified atom stereocenters. The first-order valence-electron chi connectivity index (χ1n) is 8.96. The van der Waals surface area contributed by atoms with E-state index in [0.29, 0.717) is 11.4 Å². The maximum Gasteiger partial charge on any atom is 0.494 e. The van der Waals surface area contributed by atoms with Gasteiger partial charge in [0.1, 0.15) is 5.69 Å². The fourth-order valence-electron chi connectivity index (χ4n) is 2.39. The summed E-state index contributed by atoms with van der Waals surface area (Å²) in [6, 6.07) is 12.7. The molecule has 1 aromatic carbocycles. The quantitative estimate of drug-likeness (QED) is 0.855. The number of anilines is 1. The normalized spacial score (nSPS) is 17.2. The van der Waals surface area contributed by atoms with Gasteiger partial charge in [0.15, 0.2) is 0 Å². The summed E-state index contributed by atoms with van der Waals surface area (Å²) in [5.41, 5.74) is 1.26. The van der Waals surface area contributed by atoms with Crippen LogP contribution in [0.5, 0.6) is 0 Å². The van der Waals surface area contributed by atoms with Crippen LogP contribution in [0.3, 0.4) is 0 Å². The van der Waals surface area contributed by atoms with Crippen LogP contribution in [0.25, 0.3) is 0 Å². The van der Waals surface area contributed by atoms with Crippen LogP contribution in [0.1, 0.15) is 52.0 Å². The summed E-state index contributed by atoms with van der Waals surface area (Å²) in [6.07, 6.45) is 1.59. The van der Waals surface area contributed by atoms with Crippen LogP contribution in [-0.4, -0.2) is 29.2 Å². The smallest absolute Gasteiger partial charge is 0.399 e. The molecule has 0 aliphatic carbocycles. The van der Waals surface area contributed by atoms with Gasteiger partial charge in [0.2, 0.25) is 0 Å². The number of amides is 1. The van der Waals surface area contributed by atoms with Crippen molar-refractivity contribution in [3.8, 4) is 0 Å². The fourth-order valence-corrected chi connectivity index (χ4v) is 2.39. The van der Waals surface area contributed by atoms with Gasteiger partial charge in [-0.3, -0.25) is 9.78 Å². The Morgan fingerprint density at radius 1 is 0.962 bits per heavy atom. The molecule has 0 atom stereocenters. The molecule has 26 heavy (non-hydrogen) atoms. The number of hydrogen-bond donors (Lipinski definition) is 1. The Morgan fingerprint density at radius 2 is 1.54 bits per heavy atom. The molecule has 0 saturated carbocycles. The molecular weight excluding hydrogens is 327 g/mol. The Kier molecular flexibility index (Phi) is 6.21. The van der Waals surface area contributed by atoms with Crippen molar-refractivity contribution in [2.45, 2.75) is 52.7 Å². The van der Waals surface area contributed by atoms with Gasteiger partial charge in [0, 0.05) is 11.9 Å². The molecule has 6 heteroatoms. The van der Waals surface area contributed by atoms with E-state index in [-0.39, 0.29) is 17.1 Å². The highest BCUT2D eigenvalue weighted by Gasteiger charge is 2.51. The van der Waals surface area contributed by atoms with E-state index in [9.17, 15) is 4.79 Å². The van der Waals surface area contributed by atoms with Gasteiger partial charge in [-0.2, -0.15) is 0 Å². The number of nitrogens with one attached hydrogen (secondary N) is 1. The van der Waals surface area contributed by atoms with Crippen molar-refractivity contribution in [2.24, 2.45) is 0 Å². The summed E-state index contributed by atoms with van der Waals surface area (Å²) in [6.45, 7) is 12.1. The predicted octanol–water partition coefficient (Wildman–Crippen LogP) is 3.66. The molecule has 1 saturated heterocycles. The van der Waals surface area contributed by atoms with E-state index in [1.807, 2.05) is 65.8 Å². The molecule has 1 amide bonds. The number of rotatable bonds is 3. The number of nitrogens with zero attached hydrogens (tertiary/aromatic N) is 1. The van der Waals surface area contributed by atoms with Gasteiger partial charge >= 0.3 is 7.12 Å². The highest BCUT2D eigenvalue weighted by atomic mass is 16.7.